The van der Waals surface area contributed by atoms with Crippen molar-refractivity contribution in [3.05, 3.63) is 12.2 Å². The molecule has 1 aliphatic carbocycles. The number of aliphatic hydroxyl groups is 2. The minimum Gasteiger partial charge on any atom is -0.444 e. The van der Waals surface area contributed by atoms with E-state index in [1.54, 1.807) is 4.90 Å². The Bertz CT molecular complexity index is 1410. The molecule has 6 N–H and O–H groups in total. The lowest BCUT2D eigenvalue weighted by Crippen LogP contribution is -2.43. The molecular formula is C26H32N8O7. The lowest BCUT2D eigenvalue weighted by atomic mass is 9.94. The SMILES string of the molecule is Nc1nc(C#CCC2CCN(C(=O)OC3CNC(=O)C3)CC2)nc2c1ncn2[C@@H]1O[C@H](C(=O)NC2CC2)C(O)[C@@H]1O. The molecular weight excluding hydrogens is 536 g/mol. The number of nitrogen functional groups attached to an aromatic ring is 1. The van der Waals surface area contributed by atoms with Crippen LogP contribution in [-0.2, 0) is 19.1 Å². The van der Waals surface area contributed by atoms with Crippen molar-refractivity contribution in [3.8, 4) is 11.8 Å². The summed E-state index contributed by atoms with van der Waals surface area (Å²) in [7, 11) is 0. The van der Waals surface area contributed by atoms with Gasteiger partial charge in [0.15, 0.2) is 23.8 Å². The van der Waals surface area contributed by atoms with E-state index >= 15 is 0 Å². The first kappa shape index (κ1) is 27.2. The molecule has 3 amide bonds. The third-order valence-electron chi connectivity index (χ3n) is 7.81. The number of carbonyl (C=O) groups is 3. The molecule has 5 atom stereocenters. The van der Waals surface area contributed by atoms with Gasteiger partial charge in [-0.1, -0.05) is 5.92 Å². The highest BCUT2D eigenvalue weighted by atomic mass is 16.6. The predicted octanol–water partition coefficient (Wildman–Crippen LogP) is -1.21. The third kappa shape index (κ3) is 5.76. The van der Waals surface area contributed by atoms with Crippen molar-refractivity contribution in [2.45, 2.75) is 75.2 Å². The number of carbonyl (C=O) groups excluding carboxylic acids is 3. The van der Waals surface area contributed by atoms with Gasteiger partial charge in [-0.3, -0.25) is 14.2 Å². The quantitative estimate of drug-likeness (QED) is 0.270. The van der Waals surface area contributed by atoms with Gasteiger partial charge in [-0.05, 0) is 37.5 Å². The van der Waals surface area contributed by atoms with E-state index in [2.05, 4.69) is 37.4 Å². The summed E-state index contributed by atoms with van der Waals surface area (Å²) in [5.41, 5.74) is 6.65. The number of hydrogen-bond acceptors (Lipinski definition) is 11. The molecule has 4 fully saturated rings. The van der Waals surface area contributed by atoms with Crippen LogP contribution in [0, 0.1) is 17.8 Å². The fourth-order valence-corrected chi connectivity index (χ4v) is 5.27. The van der Waals surface area contributed by atoms with Crippen LogP contribution in [-0.4, -0.2) is 103 Å². The molecule has 2 aromatic rings. The summed E-state index contributed by atoms with van der Waals surface area (Å²) >= 11 is 0. The largest absolute Gasteiger partial charge is 0.444 e. The van der Waals surface area contributed by atoms with Crippen LogP contribution in [0.5, 0.6) is 0 Å². The number of rotatable bonds is 5. The standard InChI is InChI=1S/C26H32N8O7/c27-22-18-23(34(12-29-18)25-20(37)19(36)21(41-25)24(38)30-14-4-5-14)32-16(31-22)3-1-2-13-6-8-33(9-7-13)26(39)40-15-10-17(35)28-11-15/h12-15,19-21,25,36-37H,2,4-11H2,(H,28,35)(H,30,38)(H2,27,31,32)/t15?,19?,20-,21-,25+/m0/s1. The predicted molar refractivity (Wildman–Crippen MR) is 141 cm³/mol. The molecule has 0 spiro atoms. The van der Waals surface area contributed by atoms with Crippen molar-refractivity contribution in [3.63, 3.8) is 0 Å². The third-order valence-corrected chi connectivity index (χ3v) is 7.81. The fraction of sp³-hybridized carbons (Fsp3) is 0.615. The normalized spacial score (nSPS) is 28.3. The van der Waals surface area contributed by atoms with Crippen molar-refractivity contribution in [2.75, 3.05) is 25.4 Å². The maximum Gasteiger partial charge on any atom is 0.410 e. The van der Waals surface area contributed by atoms with E-state index in [1.165, 1.54) is 10.9 Å². The molecule has 6 rings (SSSR count). The molecule has 15 nitrogen and oxygen atoms in total. The van der Waals surface area contributed by atoms with E-state index < -0.39 is 42.6 Å². The number of nitrogens with two attached hydrogens (primary N) is 1. The van der Waals surface area contributed by atoms with Crippen LogP contribution in [0.15, 0.2) is 6.33 Å². The first-order chi connectivity index (χ1) is 19.8. The average molecular weight is 569 g/mol. The van der Waals surface area contributed by atoms with Gasteiger partial charge >= 0.3 is 6.09 Å². The molecule has 5 heterocycles. The van der Waals surface area contributed by atoms with Gasteiger partial charge in [0.2, 0.25) is 11.7 Å². The number of likely N-dealkylation sites (tertiary alicyclic amines) is 1. The van der Waals surface area contributed by atoms with Crippen LogP contribution in [0.2, 0.25) is 0 Å². The Kier molecular flexibility index (Phi) is 7.37. The molecule has 4 aliphatic rings. The highest BCUT2D eigenvalue weighted by Crippen LogP contribution is 2.33. The van der Waals surface area contributed by atoms with Crippen LogP contribution >= 0.6 is 0 Å². The van der Waals surface area contributed by atoms with Crippen LogP contribution < -0.4 is 16.4 Å². The molecule has 0 bridgehead atoms. The average Bonchev–Trinajstić information content (AvgIpc) is 3.38. The minimum atomic E-state index is -1.42. The van der Waals surface area contributed by atoms with Gasteiger partial charge in [-0.25, -0.2) is 19.7 Å². The van der Waals surface area contributed by atoms with E-state index in [0.29, 0.717) is 26.1 Å². The number of aromatic nitrogens is 4. The summed E-state index contributed by atoms with van der Waals surface area (Å²) in [6.07, 6.45) is -0.564. The number of piperidine rings is 1. The number of amides is 3. The van der Waals surface area contributed by atoms with Gasteiger partial charge in [0.25, 0.3) is 5.91 Å². The second kappa shape index (κ2) is 11.1. The number of nitrogens with zero attached hydrogens (tertiary/aromatic N) is 5. The van der Waals surface area contributed by atoms with E-state index in [0.717, 1.165) is 25.7 Å². The zero-order valence-corrected chi connectivity index (χ0v) is 22.2. The van der Waals surface area contributed by atoms with Crippen molar-refractivity contribution in [1.29, 1.82) is 0 Å². The van der Waals surface area contributed by atoms with Crippen LogP contribution in [0.1, 0.15) is 50.6 Å². The maximum absolute atomic E-state index is 12.5. The Morgan fingerprint density at radius 3 is 2.68 bits per heavy atom. The lowest BCUT2D eigenvalue weighted by molar-refractivity contribution is -0.137. The molecule has 218 valence electrons. The molecule has 2 aromatic heterocycles. The Hall–Kier alpha value is -4.00. The Balaban J connectivity index is 1.08. The summed E-state index contributed by atoms with van der Waals surface area (Å²) in [5, 5.41) is 26.6. The smallest absolute Gasteiger partial charge is 0.410 e. The number of hydrogen-bond donors (Lipinski definition) is 5. The molecule has 0 aromatic carbocycles. The van der Waals surface area contributed by atoms with E-state index in [1.807, 2.05) is 0 Å². The Labute approximate surface area is 234 Å². The Morgan fingerprint density at radius 2 is 1.98 bits per heavy atom. The van der Waals surface area contributed by atoms with Crippen LogP contribution in [0.4, 0.5) is 10.6 Å². The van der Waals surface area contributed by atoms with E-state index in [9.17, 15) is 24.6 Å². The first-order valence-corrected chi connectivity index (χ1v) is 13.8. The van der Waals surface area contributed by atoms with Crippen molar-refractivity contribution < 1.29 is 34.1 Å². The van der Waals surface area contributed by atoms with Gasteiger partial charge in [-0.15, -0.1) is 0 Å². The lowest BCUT2D eigenvalue weighted by Gasteiger charge is -2.31. The molecule has 41 heavy (non-hydrogen) atoms. The summed E-state index contributed by atoms with van der Waals surface area (Å²) in [4.78, 5) is 50.8. The summed E-state index contributed by atoms with van der Waals surface area (Å²) in [5.74, 6) is 5.98. The highest BCUT2D eigenvalue weighted by molar-refractivity contribution is 5.83. The van der Waals surface area contributed by atoms with Crippen LogP contribution in [0.3, 0.4) is 0 Å². The first-order valence-electron chi connectivity index (χ1n) is 13.8. The molecule has 15 heteroatoms. The maximum atomic E-state index is 12.5. The molecule has 2 unspecified atom stereocenters. The van der Waals surface area contributed by atoms with Gasteiger partial charge in [0.1, 0.15) is 23.8 Å². The number of anilines is 1. The van der Waals surface area contributed by atoms with Crippen molar-refractivity contribution in [1.82, 2.24) is 35.1 Å². The number of ether oxygens (including phenoxy) is 2. The zero-order valence-electron chi connectivity index (χ0n) is 22.2. The number of nitrogens with one attached hydrogen (secondary N) is 2. The highest BCUT2D eigenvalue weighted by Gasteiger charge is 2.48. The van der Waals surface area contributed by atoms with E-state index in [-0.39, 0.29) is 47.1 Å². The van der Waals surface area contributed by atoms with E-state index in [4.69, 9.17) is 15.2 Å². The molecule has 1 saturated carbocycles. The Morgan fingerprint density at radius 1 is 1.20 bits per heavy atom. The number of imidazole rings is 1. The minimum absolute atomic E-state index is 0.0775. The van der Waals surface area contributed by atoms with Crippen molar-refractivity contribution >= 4 is 34.9 Å². The van der Waals surface area contributed by atoms with Gasteiger partial charge in [0, 0.05) is 25.6 Å². The van der Waals surface area contributed by atoms with Gasteiger partial charge in [-0.2, -0.15) is 0 Å². The summed E-state index contributed by atoms with van der Waals surface area (Å²) < 4.78 is 12.6. The molecule has 0 radical (unpaired) electrons. The van der Waals surface area contributed by atoms with Crippen molar-refractivity contribution in [2.24, 2.45) is 5.92 Å². The monoisotopic (exact) mass is 568 g/mol. The van der Waals surface area contributed by atoms with Gasteiger partial charge < -0.3 is 41.0 Å². The topological polar surface area (TPSA) is 207 Å². The second-order valence-corrected chi connectivity index (χ2v) is 10.9. The number of fused-ring (bicyclic) bond motifs is 1. The second-order valence-electron chi connectivity index (χ2n) is 10.9. The molecule has 3 saturated heterocycles. The fourth-order valence-electron chi connectivity index (χ4n) is 5.27. The summed E-state index contributed by atoms with van der Waals surface area (Å²) in [6, 6.07) is 0.0775. The summed E-state index contributed by atoms with van der Waals surface area (Å²) in [6.45, 7) is 1.44. The molecule has 3 aliphatic heterocycles. The number of aliphatic hydroxyl groups excluding tert-OH is 2. The van der Waals surface area contributed by atoms with Gasteiger partial charge in [0.05, 0.1) is 19.3 Å². The zero-order chi connectivity index (χ0) is 28.7. The van der Waals surface area contributed by atoms with Crippen LogP contribution in [0.25, 0.3) is 11.2 Å².